The van der Waals surface area contributed by atoms with Crippen molar-refractivity contribution in [1.82, 2.24) is 0 Å². The summed E-state index contributed by atoms with van der Waals surface area (Å²) in [5, 5.41) is 18.1. The van der Waals surface area contributed by atoms with Crippen molar-refractivity contribution in [2.75, 3.05) is 0 Å². The second-order valence-corrected chi connectivity index (χ2v) is 2.21. The Hall–Kier alpha value is -1.91. The third kappa shape index (κ3) is 0.763. The monoisotopic (exact) mass is 168 g/mol. The first-order valence-corrected chi connectivity index (χ1v) is 3.13. The van der Waals surface area contributed by atoms with Gasteiger partial charge in [0.05, 0.1) is 0 Å². The molecular formula is C7H4O5. The predicted molar refractivity (Wildman–Crippen MR) is 38.1 cm³/mol. The maximum Gasteiger partial charge on any atom is 0.519 e. The smallest absolute Gasteiger partial charge is 0.504 e. The number of hydrogen-bond donors (Lipinski definition) is 2. The summed E-state index contributed by atoms with van der Waals surface area (Å²) < 4.78 is 8.96. The number of phenols is 2. The van der Waals surface area contributed by atoms with Crippen LogP contribution in [0.5, 0.6) is 11.5 Å². The molecule has 0 amide bonds. The van der Waals surface area contributed by atoms with Crippen molar-refractivity contribution in [3.63, 3.8) is 0 Å². The fraction of sp³-hybridized carbons (Fsp3) is 0. The highest BCUT2D eigenvalue weighted by Crippen LogP contribution is 2.32. The lowest BCUT2D eigenvalue weighted by atomic mass is 10.3. The first-order chi connectivity index (χ1) is 5.68. The summed E-state index contributed by atoms with van der Waals surface area (Å²) >= 11 is 0. The van der Waals surface area contributed by atoms with Crippen molar-refractivity contribution in [3.8, 4) is 11.5 Å². The van der Waals surface area contributed by atoms with E-state index in [0.29, 0.717) is 0 Å². The van der Waals surface area contributed by atoms with Gasteiger partial charge in [-0.25, -0.2) is 4.79 Å². The number of hydrogen-bond acceptors (Lipinski definition) is 5. The average Bonchev–Trinajstić information content (AvgIpc) is 2.39. The Morgan fingerprint density at radius 2 is 1.92 bits per heavy atom. The Labute approximate surface area is 65.5 Å². The van der Waals surface area contributed by atoms with Crippen LogP contribution >= 0.6 is 0 Å². The SMILES string of the molecule is O=c1oc2ccc(O)c(O)c2o1. The van der Waals surface area contributed by atoms with Crippen molar-refractivity contribution in [2.24, 2.45) is 0 Å². The Morgan fingerprint density at radius 1 is 1.17 bits per heavy atom. The maximum atomic E-state index is 10.5. The molecule has 62 valence electrons. The Kier molecular flexibility index (Phi) is 1.15. The third-order valence-electron chi connectivity index (χ3n) is 1.45. The molecule has 0 saturated heterocycles. The van der Waals surface area contributed by atoms with E-state index in [4.69, 9.17) is 10.2 Å². The molecule has 1 aromatic carbocycles. The predicted octanol–water partition coefficient (Wildman–Crippen LogP) is 0.797. The van der Waals surface area contributed by atoms with Crippen molar-refractivity contribution >= 4 is 11.2 Å². The molecule has 1 heterocycles. The minimum atomic E-state index is -0.911. The van der Waals surface area contributed by atoms with Gasteiger partial charge < -0.3 is 19.0 Å². The van der Waals surface area contributed by atoms with E-state index in [0.717, 1.165) is 0 Å². The number of fused-ring (bicyclic) bond motifs is 1. The highest BCUT2D eigenvalue weighted by atomic mass is 16.6. The molecule has 2 aromatic rings. The number of benzene rings is 1. The highest BCUT2D eigenvalue weighted by Gasteiger charge is 2.11. The minimum absolute atomic E-state index is 0.107. The zero-order valence-corrected chi connectivity index (χ0v) is 5.77. The minimum Gasteiger partial charge on any atom is -0.504 e. The van der Waals surface area contributed by atoms with Crippen molar-refractivity contribution in [3.05, 3.63) is 22.7 Å². The second-order valence-electron chi connectivity index (χ2n) is 2.21. The first kappa shape index (κ1) is 6.78. The topological polar surface area (TPSA) is 83.8 Å². The molecule has 0 aliphatic heterocycles. The quantitative estimate of drug-likeness (QED) is 0.568. The molecular weight excluding hydrogens is 164 g/mol. The fourth-order valence-electron chi connectivity index (χ4n) is 0.915. The lowest BCUT2D eigenvalue weighted by Crippen LogP contribution is -1.84. The Morgan fingerprint density at radius 3 is 2.67 bits per heavy atom. The van der Waals surface area contributed by atoms with Gasteiger partial charge in [0.15, 0.2) is 11.3 Å². The molecule has 0 spiro atoms. The van der Waals surface area contributed by atoms with Crippen LogP contribution in [0, 0.1) is 0 Å². The van der Waals surface area contributed by atoms with Gasteiger partial charge in [-0.05, 0) is 12.1 Å². The molecule has 0 aliphatic rings. The van der Waals surface area contributed by atoms with Gasteiger partial charge in [0, 0.05) is 0 Å². The van der Waals surface area contributed by atoms with E-state index in [9.17, 15) is 4.79 Å². The van der Waals surface area contributed by atoms with E-state index in [1.165, 1.54) is 12.1 Å². The molecule has 12 heavy (non-hydrogen) atoms. The van der Waals surface area contributed by atoms with E-state index in [2.05, 4.69) is 8.83 Å². The van der Waals surface area contributed by atoms with E-state index in [1.54, 1.807) is 0 Å². The Balaban J connectivity index is 2.99. The molecule has 0 bridgehead atoms. The summed E-state index contributed by atoms with van der Waals surface area (Å²) in [7, 11) is 0. The summed E-state index contributed by atoms with van der Waals surface area (Å²) in [4.78, 5) is 10.5. The van der Waals surface area contributed by atoms with E-state index >= 15 is 0 Å². The summed E-state index contributed by atoms with van der Waals surface area (Å²) in [5.74, 6) is -1.75. The maximum absolute atomic E-state index is 10.5. The van der Waals surface area contributed by atoms with Crippen molar-refractivity contribution in [1.29, 1.82) is 0 Å². The van der Waals surface area contributed by atoms with Crippen LogP contribution in [0.1, 0.15) is 0 Å². The Bertz CT molecular complexity index is 478. The molecule has 0 unspecified atom stereocenters. The molecule has 2 rings (SSSR count). The van der Waals surface area contributed by atoms with Crippen LogP contribution in [0.4, 0.5) is 0 Å². The molecule has 0 saturated carbocycles. The van der Waals surface area contributed by atoms with Gasteiger partial charge in [-0.3, -0.25) is 0 Å². The first-order valence-electron chi connectivity index (χ1n) is 3.13. The van der Waals surface area contributed by atoms with Crippen molar-refractivity contribution < 1.29 is 19.0 Å². The van der Waals surface area contributed by atoms with Crippen LogP contribution < -0.4 is 5.82 Å². The van der Waals surface area contributed by atoms with Crippen LogP contribution in [0.2, 0.25) is 0 Å². The van der Waals surface area contributed by atoms with Gasteiger partial charge in [-0.15, -0.1) is 0 Å². The second kappa shape index (κ2) is 2.04. The van der Waals surface area contributed by atoms with Gasteiger partial charge in [0.25, 0.3) is 0 Å². The third-order valence-corrected chi connectivity index (χ3v) is 1.45. The molecule has 0 radical (unpaired) electrons. The molecule has 5 heteroatoms. The molecule has 5 nitrogen and oxygen atoms in total. The summed E-state index contributed by atoms with van der Waals surface area (Å²) in [6, 6.07) is 2.53. The van der Waals surface area contributed by atoms with Crippen LogP contribution in [0.15, 0.2) is 25.8 Å². The number of rotatable bonds is 0. The zero-order valence-electron chi connectivity index (χ0n) is 5.77. The average molecular weight is 168 g/mol. The highest BCUT2D eigenvalue weighted by molar-refractivity contribution is 5.79. The van der Waals surface area contributed by atoms with Gasteiger partial charge in [-0.2, -0.15) is 0 Å². The molecule has 0 fully saturated rings. The number of phenolic OH excluding ortho intramolecular Hbond substituents is 2. The molecule has 2 N–H and O–H groups in total. The number of aromatic hydroxyl groups is 2. The largest absolute Gasteiger partial charge is 0.519 e. The van der Waals surface area contributed by atoms with E-state index in [1.807, 2.05) is 0 Å². The zero-order chi connectivity index (χ0) is 8.72. The fourth-order valence-corrected chi connectivity index (χ4v) is 0.915. The lowest BCUT2D eigenvalue weighted by Gasteiger charge is -1.93. The van der Waals surface area contributed by atoms with Crippen LogP contribution in [0.3, 0.4) is 0 Å². The normalized spacial score (nSPS) is 10.7. The van der Waals surface area contributed by atoms with Gasteiger partial charge in [-0.1, -0.05) is 0 Å². The van der Waals surface area contributed by atoms with Crippen LogP contribution in [-0.4, -0.2) is 10.2 Å². The lowest BCUT2D eigenvalue weighted by molar-refractivity contribution is 0.386. The van der Waals surface area contributed by atoms with Gasteiger partial charge in [0.1, 0.15) is 0 Å². The standard InChI is InChI=1S/C7H4O5/c8-3-1-2-4-6(5(3)9)12-7(10)11-4/h1-2,8-9H. The van der Waals surface area contributed by atoms with E-state index < -0.39 is 11.6 Å². The molecule has 1 aromatic heterocycles. The van der Waals surface area contributed by atoms with Crippen molar-refractivity contribution in [2.45, 2.75) is 0 Å². The van der Waals surface area contributed by atoms with Crippen LogP contribution in [-0.2, 0) is 0 Å². The molecule has 0 aliphatic carbocycles. The summed E-state index contributed by atoms with van der Waals surface area (Å²) in [5.41, 5.74) is -0.0321. The van der Waals surface area contributed by atoms with Gasteiger partial charge >= 0.3 is 5.82 Å². The van der Waals surface area contributed by atoms with Gasteiger partial charge in [0.2, 0.25) is 11.3 Å². The summed E-state index contributed by atoms with van der Waals surface area (Å²) in [6.07, 6.45) is 0. The van der Waals surface area contributed by atoms with E-state index in [-0.39, 0.29) is 16.9 Å². The molecule has 0 atom stereocenters. The summed E-state index contributed by atoms with van der Waals surface area (Å²) in [6.45, 7) is 0. The van der Waals surface area contributed by atoms with Crippen LogP contribution in [0.25, 0.3) is 11.2 Å².